The summed E-state index contributed by atoms with van der Waals surface area (Å²) in [5.41, 5.74) is 3.66. The molecule has 1 N–H and O–H groups in total. The van der Waals surface area contributed by atoms with Gasteiger partial charge in [0.2, 0.25) is 0 Å². The molecule has 2 aliphatic heterocycles. The number of ether oxygens (including phenoxy) is 1. The predicted octanol–water partition coefficient (Wildman–Crippen LogP) is 4.16. The number of hydrogen-bond donors (Lipinski definition) is 1. The fourth-order valence-electron chi connectivity index (χ4n) is 5.21. The van der Waals surface area contributed by atoms with E-state index in [-0.39, 0.29) is 12.5 Å². The molecule has 0 aliphatic carbocycles. The molecule has 0 bridgehead atoms. The topological polar surface area (TPSA) is 75.0 Å². The van der Waals surface area contributed by atoms with E-state index < -0.39 is 6.09 Å². The molecule has 0 spiro atoms. The molecule has 32 heavy (non-hydrogen) atoms. The molecule has 166 valence electrons. The number of likely N-dealkylation sites (tertiary alicyclic amines) is 1. The number of rotatable bonds is 3. The van der Waals surface area contributed by atoms with Gasteiger partial charge in [0.25, 0.3) is 5.91 Å². The van der Waals surface area contributed by atoms with Crippen molar-refractivity contribution in [1.82, 2.24) is 14.4 Å². The van der Waals surface area contributed by atoms with Crippen LogP contribution in [0.4, 0.5) is 4.79 Å². The van der Waals surface area contributed by atoms with E-state index >= 15 is 0 Å². The van der Waals surface area contributed by atoms with Gasteiger partial charge in [0.15, 0.2) is 0 Å². The molecule has 3 heterocycles. The molecule has 0 atom stereocenters. The lowest BCUT2D eigenvalue weighted by Gasteiger charge is -2.33. The van der Waals surface area contributed by atoms with Crippen molar-refractivity contribution in [3.8, 4) is 5.75 Å². The normalized spacial score (nSPS) is 16.8. The van der Waals surface area contributed by atoms with E-state index in [4.69, 9.17) is 4.74 Å². The van der Waals surface area contributed by atoms with Crippen LogP contribution in [0.1, 0.15) is 40.4 Å². The largest absolute Gasteiger partial charge is 0.496 e. The van der Waals surface area contributed by atoms with E-state index in [0.717, 1.165) is 35.2 Å². The number of carbonyl (C=O) groups is 2. The van der Waals surface area contributed by atoms with Gasteiger partial charge in [-0.2, -0.15) is 0 Å². The van der Waals surface area contributed by atoms with Crippen LogP contribution in [0, 0.1) is 0 Å². The standard InChI is InChI=1S/C25H27N3O4/c1-32-22-9-5-3-6-18(22)17-10-12-26(13-11-17)24(29)23-19-7-2-4-8-20(19)28-15-14-27(25(30)31)16-21(23)28/h2-9,17H,10-16H2,1H3,(H,30,31). The second-order valence-corrected chi connectivity index (χ2v) is 8.50. The van der Waals surface area contributed by atoms with Crippen molar-refractivity contribution in [3.63, 3.8) is 0 Å². The smallest absolute Gasteiger partial charge is 0.407 e. The van der Waals surface area contributed by atoms with Crippen LogP contribution < -0.4 is 4.74 Å². The summed E-state index contributed by atoms with van der Waals surface area (Å²) in [5.74, 6) is 1.26. The predicted molar refractivity (Wildman–Crippen MR) is 121 cm³/mol. The number of amides is 2. The molecule has 1 fully saturated rings. The zero-order chi connectivity index (χ0) is 22.2. The summed E-state index contributed by atoms with van der Waals surface area (Å²) in [6.07, 6.45) is 0.806. The van der Waals surface area contributed by atoms with Crippen LogP contribution in [0.15, 0.2) is 48.5 Å². The number of fused-ring (bicyclic) bond motifs is 3. The number of para-hydroxylation sites is 2. The number of piperidine rings is 1. The summed E-state index contributed by atoms with van der Waals surface area (Å²) < 4.78 is 7.65. The third-order valence-electron chi connectivity index (χ3n) is 6.86. The van der Waals surface area contributed by atoms with Gasteiger partial charge in [-0.15, -0.1) is 0 Å². The Balaban J connectivity index is 1.43. The van der Waals surface area contributed by atoms with Gasteiger partial charge in [0.05, 0.1) is 24.9 Å². The first-order chi connectivity index (χ1) is 15.6. The van der Waals surface area contributed by atoms with Crippen molar-refractivity contribution in [2.75, 3.05) is 26.7 Å². The Kier molecular flexibility index (Phi) is 5.25. The van der Waals surface area contributed by atoms with Crippen molar-refractivity contribution >= 4 is 22.9 Å². The van der Waals surface area contributed by atoms with Crippen LogP contribution in [0.2, 0.25) is 0 Å². The monoisotopic (exact) mass is 433 g/mol. The number of carbonyl (C=O) groups excluding carboxylic acids is 1. The zero-order valence-electron chi connectivity index (χ0n) is 18.2. The lowest BCUT2D eigenvalue weighted by atomic mass is 9.88. The van der Waals surface area contributed by atoms with E-state index in [1.165, 1.54) is 10.5 Å². The first-order valence-electron chi connectivity index (χ1n) is 11.1. The number of aromatic nitrogens is 1. The molecule has 0 radical (unpaired) electrons. The molecule has 0 saturated carbocycles. The lowest BCUT2D eigenvalue weighted by Crippen LogP contribution is -2.40. The Morgan fingerprint density at radius 3 is 2.41 bits per heavy atom. The third-order valence-corrected chi connectivity index (χ3v) is 6.86. The molecule has 2 aliphatic rings. The molecule has 1 aromatic heterocycles. The molecule has 2 aromatic carbocycles. The summed E-state index contributed by atoms with van der Waals surface area (Å²) >= 11 is 0. The molecule has 7 nitrogen and oxygen atoms in total. The average molecular weight is 434 g/mol. The summed E-state index contributed by atoms with van der Waals surface area (Å²) in [6.45, 7) is 2.57. The fraction of sp³-hybridized carbons (Fsp3) is 0.360. The number of nitrogens with zero attached hydrogens (tertiary/aromatic N) is 3. The van der Waals surface area contributed by atoms with Crippen LogP contribution >= 0.6 is 0 Å². The van der Waals surface area contributed by atoms with Crippen molar-refractivity contribution in [1.29, 1.82) is 0 Å². The number of methoxy groups -OCH3 is 1. The van der Waals surface area contributed by atoms with Crippen LogP contribution in [-0.4, -0.2) is 58.2 Å². The van der Waals surface area contributed by atoms with Crippen molar-refractivity contribution in [2.45, 2.75) is 31.8 Å². The minimum Gasteiger partial charge on any atom is -0.496 e. The van der Waals surface area contributed by atoms with Crippen molar-refractivity contribution in [3.05, 3.63) is 65.4 Å². The fourth-order valence-corrected chi connectivity index (χ4v) is 5.21. The molecule has 0 unspecified atom stereocenters. The Morgan fingerprint density at radius 1 is 0.938 bits per heavy atom. The quantitative estimate of drug-likeness (QED) is 0.673. The van der Waals surface area contributed by atoms with Gasteiger partial charge in [0, 0.05) is 37.1 Å². The van der Waals surface area contributed by atoms with Gasteiger partial charge < -0.3 is 24.2 Å². The molecule has 7 heteroatoms. The molecular formula is C25H27N3O4. The van der Waals surface area contributed by atoms with E-state index in [2.05, 4.69) is 10.6 Å². The maximum atomic E-state index is 13.7. The molecule has 1 saturated heterocycles. The number of benzene rings is 2. The Hall–Kier alpha value is -3.48. The molecule has 2 amide bonds. The van der Waals surface area contributed by atoms with Gasteiger partial charge in [0.1, 0.15) is 5.75 Å². The molecular weight excluding hydrogens is 406 g/mol. The van der Waals surface area contributed by atoms with E-state index in [0.29, 0.717) is 37.7 Å². The van der Waals surface area contributed by atoms with Gasteiger partial charge in [-0.05, 0) is 36.5 Å². The van der Waals surface area contributed by atoms with E-state index in [9.17, 15) is 14.7 Å². The Labute approximate surface area is 186 Å². The highest BCUT2D eigenvalue weighted by Crippen LogP contribution is 2.36. The van der Waals surface area contributed by atoms with Gasteiger partial charge >= 0.3 is 6.09 Å². The summed E-state index contributed by atoms with van der Waals surface area (Å²) in [4.78, 5) is 28.6. The second-order valence-electron chi connectivity index (χ2n) is 8.50. The highest BCUT2D eigenvalue weighted by molar-refractivity contribution is 6.08. The van der Waals surface area contributed by atoms with Crippen molar-refractivity contribution in [2.24, 2.45) is 0 Å². The van der Waals surface area contributed by atoms with Crippen LogP contribution in [0.25, 0.3) is 10.9 Å². The first kappa shape index (κ1) is 20.4. The summed E-state index contributed by atoms with van der Waals surface area (Å²) in [7, 11) is 1.69. The molecule has 5 rings (SSSR count). The number of carboxylic acid groups (broad SMARTS) is 1. The first-order valence-corrected chi connectivity index (χ1v) is 11.1. The van der Waals surface area contributed by atoms with E-state index in [1.54, 1.807) is 7.11 Å². The third kappa shape index (κ3) is 3.38. The van der Waals surface area contributed by atoms with Gasteiger partial charge in [-0.25, -0.2) is 4.79 Å². The highest BCUT2D eigenvalue weighted by atomic mass is 16.5. The maximum absolute atomic E-state index is 13.7. The maximum Gasteiger partial charge on any atom is 0.407 e. The lowest BCUT2D eigenvalue weighted by molar-refractivity contribution is 0.0709. The Morgan fingerprint density at radius 2 is 1.66 bits per heavy atom. The minimum absolute atomic E-state index is 0.000616. The SMILES string of the molecule is COc1ccccc1C1CCN(C(=O)c2c3n(c4ccccc24)CCN(C(=O)O)C3)CC1. The number of hydrogen-bond acceptors (Lipinski definition) is 3. The van der Waals surface area contributed by atoms with Crippen LogP contribution in [0.3, 0.4) is 0 Å². The summed E-state index contributed by atoms with van der Waals surface area (Å²) in [5, 5.41) is 10.4. The second kappa shape index (κ2) is 8.22. The zero-order valence-corrected chi connectivity index (χ0v) is 18.2. The summed E-state index contributed by atoms with van der Waals surface area (Å²) in [6, 6.07) is 16.0. The highest BCUT2D eigenvalue weighted by Gasteiger charge is 2.33. The van der Waals surface area contributed by atoms with Crippen LogP contribution in [0.5, 0.6) is 5.75 Å². The minimum atomic E-state index is -0.947. The van der Waals surface area contributed by atoms with Gasteiger partial charge in [-0.1, -0.05) is 36.4 Å². The van der Waals surface area contributed by atoms with Gasteiger partial charge in [-0.3, -0.25) is 4.79 Å². The average Bonchev–Trinajstić information content (AvgIpc) is 3.17. The Bertz CT molecular complexity index is 1180. The van der Waals surface area contributed by atoms with Crippen molar-refractivity contribution < 1.29 is 19.4 Å². The van der Waals surface area contributed by atoms with E-state index in [1.807, 2.05) is 47.4 Å². The van der Waals surface area contributed by atoms with Crippen LogP contribution in [-0.2, 0) is 13.1 Å². The molecule has 3 aromatic rings.